The molecule has 0 amide bonds. The summed E-state index contributed by atoms with van der Waals surface area (Å²) in [6.07, 6.45) is 6.24. The maximum absolute atomic E-state index is 6.04. The van der Waals surface area contributed by atoms with E-state index in [2.05, 4.69) is 31.4 Å². The first-order valence-corrected chi connectivity index (χ1v) is 9.17. The summed E-state index contributed by atoms with van der Waals surface area (Å²) in [4.78, 5) is 4.13. The average molecular weight is 361 g/mol. The molecule has 3 aromatic heterocycles. The van der Waals surface area contributed by atoms with Crippen molar-refractivity contribution in [3.63, 3.8) is 0 Å². The number of benzene rings is 1. The molecule has 0 unspecified atom stereocenters. The largest absolute Gasteiger partial charge is 0.468 e. The molecule has 136 valence electrons. The second-order valence-corrected chi connectivity index (χ2v) is 6.77. The number of hydrogen-bond donors (Lipinski definition) is 1. The van der Waals surface area contributed by atoms with Gasteiger partial charge in [-0.25, -0.2) is 4.98 Å². The molecule has 8 heteroatoms. The molecule has 1 saturated carbocycles. The van der Waals surface area contributed by atoms with Crippen LogP contribution < -0.4 is 4.74 Å². The Hall–Kier alpha value is -3.29. The zero-order valence-electron chi connectivity index (χ0n) is 14.7. The van der Waals surface area contributed by atoms with Gasteiger partial charge in [0.25, 0.3) is 0 Å². The van der Waals surface area contributed by atoms with Gasteiger partial charge in [0, 0.05) is 11.1 Å². The van der Waals surface area contributed by atoms with Gasteiger partial charge in [-0.15, -0.1) is 15.3 Å². The second-order valence-electron chi connectivity index (χ2n) is 6.77. The van der Waals surface area contributed by atoms with E-state index in [0.717, 1.165) is 29.6 Å². The first-order chi connectivity index (χ1) is 13.4. The number of H-pyrrole nitrogens is 1. The molecule has 0 spiro atoms. The highest BCUT2D eigenvalue weighted by Crippen LogP contribution is 2.38. The van der Waals surface area contributed by atoms with Gasteiger partial charge in [-0.3, -0.25) is 5.10 Å². The molecule has 1 aromatic carbocycles. The zero-order chi connectivity index (χ0) is 18.1. The first kappa shape index (κ1) is 15.9. The highest BCUT2D eigenvalue weighted by atomic mass is 16.5. The van der Waals surface area contributed by atoms with Crippen LogP contribution in [0, 0.1) is 0 Å². The van der Waals surface area contributed by atoms with Crippen LogP contribution in [0.25, 0.3) is 17.0 Å². The van der Waals surface area contributed by atoms with E-state index in [9.17, 15) is 0 Å². The lowest BCUT2D eigenvalue weighted by Crippen LogP contribution is -2.08. The van der Waals surface area contributed by atoms with Crippen LogP contribution in [-0.4, -0.2) is 35.0 Å². The molecule has 1 aliphatic carbocycles. The average Bonchev–Trinajstić information content (AvgIpc) is 3.48. The predicted octanol–water partition coefficient (Wildman–Crippen LogP) is 3.15. The van der Waals surface area contributed by atoms with Gasteiger partial charge in [0.05, 0.1) is 0 Å². The molecule has 8 nitrogen and oxygen atoms in total. The summed E-state index contributed by atoms with van der Waals surface area (Å²) < 4.78 is 7.79. The molecule has 1 fully saturated rings. The summed E-state index contributed by atoms with van der Waals surface area (Å²) in [5.74, 6) is 2.43. The fourth-order valence-corrected chi connectivity index (χ4v) is 3.68. The number of rotatable bonds is 5. The lowest BCUT2D eigenvalue weighted by molar-refractivity contribution is 0.275. The Balaban J connectivity index is 1.58. The van der Waals surface area contributed by atoms with Gasteiger partial charge in [0.15, 0.2) is 17.3 Å². The quantitative estimate of drug-likeness (QED) is 0.587. The van der Waals surface area contributed by atoms with Gasteiger partial charge in [0.2, 0.25) is 5.88 Å². The molecule has 0 atom stereocenters. The van der Waals surface area contributed by atoms with Crippen LogP contribution in [0.15, 0.2) is 42.7 Å². The molecule has 3 heterocycles. The predicted molar refractivity (Wildman–Crippen MR) is 98.1 cm³/mol. The molecule has 0 aliphatic heterocycles. The Morgan fingerprint density at radius 2 is 1.96 bits per heavy atom. The van der Waals surface area contributed by atoms with Crippen molar-refractivity contribution in [2.75, 3.05) is 0 Å². The molecule has 0 radical (unpaired) electrons. The molecule has 4 aromatic rings. The molecule has 1 N–H and O–H groups in total. The van der Waals surface area contributed by atoms with Crippen molar-refractivity contribution in [3.05, 3.63) is 54.1 Å². The minimum atomic E-state index is 0.293. The number of hydrogen-bond acceptors (Lipinski definition) is 6. The Bertz CT molecular complexity index is 1040. The smallest absolute Gasteiger partial charge is 0.235 e. The van der Waals surface area contributed by atoms with Crippen LogP contribution >= 0.6 is 0 Å². The molecule has 27 heavy (non-hydrogen) atoms. The number of aromatic nitrogens is 7. The van der Waals surface area contributed by atoms with Crippen molar-refractivity contribution in [1.82, 2.24) is 35.0 Å². The van der Waals surface area contributed by atoms with E-state index in [1.165, 1.54) is 19.2 Å². The maximum Gasteiger partial charge on any atom is 0.235 e. The minimum Gasteiger partial charge on any atom is -0.468 e. The molecule has 5 rings (SSSR count). The summed E-state index contributed by atoms with van der Waals surface area (Å²) in [6.45, 7) is 0.293. The number of nitrogens with one attached hydrogen (secondary N) is 1. The Morgan fingerprint density at radius 1 is 1.11 bits per heavy atom. The lowest BCUT2D eigenvalue weighted by Gasteiger charge is -2.15. The van der Waals surface area contributed by atoms with Gasteiger partial charge in [-0.2, -0.15) is 9.61 Å². The molecule has 0 bridgehead atoms. The Kier molecular flexibility index (Phi) is 4.00. The Morgan fingerprint density at radius 3 is 2.74 bits per heavy atom. The summed E-state index contributed by atoms with van der Waals surface area (Å²) in [5, 5.41) is 20.1. The summed E-state index contributed by atoms with van der Waals surface area (Å²) in [7, 11) is 0. The van der Waals surface area contributed by atoms with Gasteiger partial charge >= 0.3 is 0 Å². The SMILES string of the molecule is c1ccc(-c2nnc3cc(C4CCCC4)c(OCc4ncn[nH]4)nn23)cc1. The van der Waals surface area contributed by atoms with Crippen LogP contribution in [0.4, 0.5) is 0 Å². The van der Waals surface area contributed by atoms with E-state index >= 15 is 0 Å². The maximum atomic E-state index is 6.04. The number of aromatic amines is 1. The summed E-state index contributed by atoms with van der Waals surface area (Å²) in [5.41, 5.74) is 2.81. The Labute approximate surface area is 155 Å². The van der Waals surface area contributed by atoms with Gasteiger partial charge in [-0.1, -0.05) is 43.2 Å². The second kappa shape index (κ2) is 6.79. The molecular formula is C19H19N7O. The van der Waals surface area contributed by atoms with Crippen LogP contribution in [0.5, 0.6) is 5.88 Å². The fourth-order valence-electron chi connectivity index (χ4n) is 3.68. The summed E-state index contributed by atoms with van der Waals surface area (Å²) >= 11 is 0. The number of fused-ring (bicyclic) bond motifs is 1. The minimum absolute atomic E-state index is 0.293. The molecular weight excluding hydrogens is 342 g/mol. The van der Waals surface area contributed by atoms with Gasteiger partial charge in [0.1, 0.15) is 12.9 Å². The third-order valence-corrected chi connectivity index (χ3v) is 5.02. The van der Waals surface area contributed by atoms with Crippen molar-refractivity contribution in [2.24, 2.45) is 0 Å². The van der Waals surface area contributed by atoms with E-state index in [1.807, 2.05) is 30.3 Å². The van der Waals surface area contributed by atoms with Crippen LogP contribution in [-0.2, 0) is 6.61 Å². The third kappa shape index (κ3) is 3.03. The number of ether oxygens (including phenoxy) is 1. The van der Waals surface area contributed by atoms with Gasteiger partial charge < -0.3 is 4.74 Å². The van der Waals surface area contributed by atoms with E-state index in [-0.39, 0.29) is 0 Å². The molecule has 0 saturated heterocycles. The van der Waals surface area contributed by atoms with E-state index in [4.69, 9.17) is 9.84 Å². The van der Waals surface area contributed by atoms with Crippen LogP contribution in [0.2, 0.25) is 0 Å². The third-order valence-electron chi connectivity index (χ3n) is 5.02. The first-order valence-electron chi connectivity index (χ1n) is 9.17. The van der Waals surface area contributed by atoms with Gasteiger partial charge in [-0.05, 0) is 24.8 Å². The standard InChI is InChI=1S/C19H19N7O/c1-2-8-14(9-3-1)18-24-23-17-10-15(13-6-4-5-7-13)19(25-26(17)18)27-11-16-20-12-21-22-16/h1-3,8-10,12-13H,4-7,11H2,(H,20,21,22). The highest BCUT2D eigenvalue weighted by molar-refractivity contribution is 5.59. The van der Waals surface area contributed by atoms with Crippen LogP contribution in [0.3, 0.4) is 0 Å². The van der Waals surface area contributed by atoms with E-state index < -0.39 is 0 Å². The van der Waals surface area contributed by atoms with E-state index in [1.54, 1.807) is 4.52 Å². The topological polar surface area (TPSA) is 93.9 Å². The van der Waals surface area contributed by atoms with Crippen molar-refractivity contribution >= 4 is 5.65 Å². The zero-order valence-corrected chi connectivity index (χ0v) is 14.7. The van der Waals surface area contributed by atoms with Crippen molar-refractivity contribution in [3.8, 4) is 17.3 Å². The molecule has 1 aliphatic rings. The van der Waals surface area contributed by atoms with Crippen LogP contribution in [0.1, 0.15) is 43.0 Å². The van der Waals surface area contributed by atoms with Crippen molar-refractivity contribution in [1.29, 1.82) is 0 Å². The summed E-state index contributed by atoms with van der Waals surface area (Å²) in [6, 6.07) is 12.0. The van der Waals surface area contributed by atoms with Crippen molar-refractivity contribution in [2.45, 2.75) is 38.2 Å². The fraction of sp³-hybridized carbons (Fsp3) is 0.316. The van der Waals surface area contributed by atoms with E-state index in [0.29, 0.717) is 30.1 Å². The number of nitrogens with zero attached hydrogens (tertiary/aromatic N) is 6. The highest BCUT2D eigenvalue weighted by Gasteiger charge is 2.24. The lowest BCUT2D eigenvalue weighted by atomic mass is 9.99. The van der Waals surface area contributed by atoms with Crippen molar-refractivity contribution < 1.29 is 4.74 Å². The monoisotopic (exact) mass is 361 g/mol. The normalized spacial score (nSPS) is 14.8.